The summed E-state index contributed by atoms with van der Waals surface area (Å²) in [6, 6.07) is 28.8. The van der Waals surface area contributed by atoms with Gasteiger partial charge in [-0.3, -0.25) is 0 Å². The highest BCUT2D eigenvalue weighted by Gasteiger charge is 2.43. The van der Waals surface area contributed by atoms with Crippen LogP contribution in [-0.4, -0.2) is 17.6 Å². The van der Waals surface area contributed by atoms with Gasteiger partial charge in [-0.05, 0) is 82.0 Å². The van der Waals surface area contributed by atoms with Crippen LogP contribution in [0.4, 0.5) is 17.3 Å². The van der Waals surface area contributed by atoms with Gasteiger partial charge in [-0.2, -0.15) is 0 Å². The summed E-state index contributed by atoms with van der Waals surface area (Å²) in [6.07, 6.45) is 0. The lowest BCUT2D eigenvalue weighted by molar-refractivity contribution is 0.368. The van der Waals surface area contributed by atoms with Crippen molar-refractivity contribution in [3.8, 4) is 22.3 Å². The second kappa shape index (κ2) is 10.2. The molecule has 0 bridgehead atoms. The van der Waals surface area contributed by atoms with E-state index in [2.05, 4.69) is 120 Å². The summed E-state index contributed by atoms with van der Waals surface area (Å²) in [4.78, 5) is 0. The van der Waals surface area contributed by atoms with Gasteiger partial charge in [0.1, 0.15) is 0 Å². The van der Waals surface area contributed by atoms with Crippen molar-refractivity contribution in [2.24, 2.45) is 0 Å². The van der Waals surface area contributed by atoms with Gasteiger partial charge >= 0.3 is 7.25 Å². The Morgan fingerprint density at radius 2 is 0.844 bits per heavy atom. The normalized spacial score (nSPS) is 12.3. The summed E-state index contributed by atoms with van der Waals surface area (Å²) in [7, 11) is -6.81. The molecule has 0 fully saturated rings. The lowest BCUT2D eigenvalue weighted by atomic mass is 9.99. The first-order chi connectivity index (χ1) is 14.7. The highest BCUT2D eigenvalue weighted by molar-refractivity contribution is 7.68. The molecule has 0 saturated carbocycles. The van der Waals surface area contributed by atoms with Crippen molar-refractivity contribution in [1.29, 1.82) is 0 Å². The molecule has 0 nitrogen and oxygen atoms in total. The Balaban J connectivity index is 0.000000654. The maximum atomic E-state index is 9.75. The van der Waals surface area contributed by atoms with Crippen LogP contribution in [0, 0.1) is 0 Å². The Labute approximate surface area is 190 Å². The Morgan fingerprint density at radius 1 is 0.531 bits per heavy atom. The Kier molecular flexibility index (Phi) is 8.34. The van der Waals surface area contributed by atoms with E-state index in [0.29, 0.717) is 0 Å². The molecule has 0 amide bonds. The van der Waals surface area contributed by atoms with E-state index in [1.807, 2.05) is 0 Å². The minimum absolute atomic E-state index is 0.284. The highest BCUT2D eigenvalue weighted by Crippen LogP contribution is 2.58. The van der Waals surface area contributed by atoms with Gasteiger partial charge in [0.05, 0.1) is 15.6 Å². The van der Waals surface area contributed by atoms with E-state index in [1.165, 1.54) is 27.6 Å². The fourth-order valence-corrected chi connectivity index (χ4v) is 8.94. The standard InChI is InChI=1S/C26H31P.BF4/c1-25(2,3)27(26(4,5)6)24-18-22(20-13-9-7-10-14-20)17-23(19-24)21-15-11-8-12-16-21;2-1(3,4)5/h7-19H,1-6H3;/q;-1/p+1. The maximum absolute atomic E-state index is 9.75. The van der Waals surface area contributed by atoms with E-state index in [9.17, 15) is 17.3 Å². The topological polar surface area (TPSA) is 0 Å². The van der Waals surface area contributed by atoms with Gasteiger partial charge in [0, 0.05) is 7.92 Å². The Bertz CT molecular complexity index is 911. The van der Waals surface area contributed by atoms with Crippen LogP contribution in [0.1, 0.15) is 41.5 Å². The van der Waals surface area contributed by atoms with Crippen LogP contribution in [0.15, 0.2) is 78.9 Å². The van der Waals surface area contributed by atoms with Crippen LogP contribution >= 0.6 is 7.92 Å². The second-order valence-corrected chi connectivity index (χ2v) is 14.2. The molecule has 3 rings (SSSR count). The van der Waals surface area contributed by atoms with Gasteiger partial charge < -0.3 is 17.3 Å². The largest absolute Gasteiger partial charge is 0.673 e. The zero-order valence-corrected chi connectivity index (χ0v) is 20.6. The van der Waals surface area contributed by atoms with Crippen molar-refractivity contribution in [3.63, 3.8) is 0 Å². The van der Waals surface area contributed by atoms with Crippen LogP contribution in [0.25, 0.3) is 22.3 Å². The third-order valence-electron chi connectivity index (χ3n) is 4.94. The van der Waals surface area contributed by atoms with Crippen LogP contribution in [0.2, 0.25) is 0 Å². The summed E-state index contributed by atoms with van der Waals surface area (Å²) in [5.41, 5.74) is 5.23. The molecule has 0 saturated heterocycles. The zero-order chi connectivity index (χ0) is 24.2. The van der Waals surface area contributed by atoms with Gasteiger partial charge in [0.25, 0.3) is 0 Å². The zero-order valence-electron chi connectivity index (χ0n) is 19.6. The summed E-state index contributed by atoms with van der Waals surface area (Å²) >= 11 is 0. The van der Waals surface area contributed by atoms with Crippen molar-refractivity contribution in [2.45, 2.75) is 51.9 Å². The van der Waals surface area contributed by atoms with Crippen LogP contribution in [0.5, 0.6) is 0 Å². The first-order valence-corrected chi connectivity index (χ1v) is 12.2. The Hall–Kier alpha value is -2.13. The average Bonchev–Trinajstić information content (AvgIpc) is 2.65. The summed E-state index contributed by atoms with van der Waals surface area (Å²) < 4.78 is 39.0. The third kappa shape index (κ3) is 8.09. The van der Waals surface area contributed by atoms with Crippen molar-refractivity contribution >= 4 is 20.5 Å². The fourth-order valence-electron chi connectivity index (χ4n) is 4.36. The molecule has 0 aliphatic heterocycles. The molecule has 0 aromatic heterocycles. The summed E-state index contributed by atoms with van der Waals surface area (Å²) in [6.45, 7) is 14.4. The average molecular weight is 462 g/mol. The number of benzene rings is 3. The molecule has 0 heterocycles. The molecule has 0 radical (unpaired) electrons. The van der Waals surface area contributed by atoms with Gasteiger partial charge in [-0.1, -0.05) is 60.7 Å². The van der Waals surface area contributed by atoms with Crippen molar-refractivity contribution in [1.82, 2.24) is 0 Å². The molecular weight excluding hydrogens is 430 g/mol. The molecule has 6 heteroatoms. The van der Waals surface area contributed by atoms with Crippen LogP contribution in [0.3, 0.4) is 0 Å². The number of rotatable bonds is 3. The highest BCUT2D eigenvalue weighted by atomic mass is 31.1. The molecule has 0 aliphatic carbocycles. The van der Waals surface area contributed by atoms with Gasteiger partial charge in [0.15, 0.2) is 0 Å². The molecule has 0 unspecified atom stereocenters. The second-order valence-electron chi connectivity index (χ2n) is 9.90. The summed E-state index contributed by atoms with van der Waals surface area (Å²) in [5, 5.41) is 2.10. The first-order valence-electron chi connectivity index (χ1n) is 10.7. The van der Waals surface area contributed by atoms with Gasteiger partial charge in [-0.25, -0.2) is 0 Å². The van der Waals surface area contributed by atoms with E-state index in [4.69, 9.17) is 0 Å². The molecule has 0 spiro atoms. The summed E-state index contributed by atoms with van der Waals surface area (Å²) in [5.74, 6) is 0. The predicted octanol–water partition coefficient (Wildman–Crippen LogP) is 8.76. The lowest BCUT2D eigenvalue weighted by Crippen LogP contribution is -2.31. The minimum Gasteiger partial charge on any atom is -0.418 e. The van der Waals surface area contributed by atoms with Crippen molar-refractivity contribution in [3.05, 3.63) is 78.9 Å². The molecule has 3 aromatic carbocycles. The molecule has 0 N–H and O–H groups in total. The number of hydrogen-bond acceptors (Lipinski definition) is 0. The quantitative estimate of drug-likeness (QED) is 0.207. The molecule has 32 heavy (non-hydrogen) atoms. The van der Waals surface area contributed by atoms with E-state index < -0.39 is 15.2 Å². The van der Waals surface area contributed by atoms with E-state index >= 15 is 0 Å². The minimum atomic E-state index is -6.00. The molecule has 172 valence electrons. The Morgan fingerprint density at radius 3 is 1.12 bits per heavy atom. The number of hydrogen-bond donors (Lipinski definition) is 0. The molecule has 0 aliphatic rings. The monoisotopic (exact) mass is 462 g/mol. The molecule has 0 atom stereocenters. The predicted molar refractivity (Wildman–Crippen MR) is 135 cm³/mol. The van der Waals surface area contributed by atoms with Crippen molar-refractivity contribution in [2.75, 3.05) is 0 Å². The molecular formula is C26H32BF4P. The maximum Gasteiger partial charge on any atom is 0.673 e. The smallest absolute Gasteiger partial charge is 0.418 e. The van der Waals surface area contributed by atoms with E-state index in [1.54, 1.807) is 0 Å². The number of halogens is 4. The molecule has 3 aromatic rings. The van der Waals surface area contributed by atoms with E-state index in [0.717, 1.165) is 0 Å². The first kappa shape index (κ1) is 26.1. The third-order valence-corrected chi connectivity index (χ3v) is 8.80. The van der Waals surface area contributed by atoms with Crippen LogP contribution in [-0.2, 0) is 0 Å². The van der Waals surface area contributed by atoms with Crippen molar-refractivity contribution < 1.29 is 17.3 Å². The van der Waals surface area contributed by atoms with Gasteiger partial charge in [-0.15, -0.1) is 0 Å². The van der Waals surface area contributed by atoms with Crippen LogP contribution < -0.4 is 5.30 Å². The van der Waals surface area contributed by atoms with Gasteiger partial charge in [0.2, 0.25) is 0 Å². The van der Waals surface area contributed by atoms with E-state index in [-0.39, 0.29) is 10.3 Å². The SMILES string of the molecule is CC(C)(C)[PH+](c1cc(-c2ccccc2)cc(-c2ccccc2)c1)C(C)(C)C.F[B-](F)(F)F. The lowest BCUT2D eigenvalue weighted by Gasteiger charge is -2.34. The fraction of sp³-hybridized carbons (Fsp3) is 0.308.